The van der Waals surface area contributed by atoms with Gasteiger partial charge in [-0.2, -0.15) is 22.0 Å². The van der Waals surface area contributed by atoms with E-state index < -0.39 is 54.9 Å². The minimum absolute atomic E-state index is 0.0266. The quantitative estimate of drug-likeness (QED) is 0.544. The lowest BCUT2D eigenvalue weighted by Crippen LogP contribution is -2.60. The lowest BCUT2D eigenvalue weighted by Gasteiger charge is -2.35. The van der Waals surface area contributed by atoms with Crippen molar-refractivity contribution in [1.82, 2.24) is 4.90 Å². The molecule has 30 heavy (non-hydrogen) atoms. The summed E-state index contributed by atoms with van der Waals surface area (Å²) in [6.07, 6.45) is -5.98. The molecule has 1 aromatic rings. The SMILES string of the molecule is CCN1C(=O)[C@@H](N(CC(F)(F)C(F)(F)F)C(=O)C(C)C(N)=O)COc2ccccc21. The van der Waals surface area contributed by atoms with E-state index in [2.05, 4.69) is 0 Å². The summed E-state index contributed by atoms with van der Waals surface area (Å²) in [6.45, 7) is -0.311. The Morgan fingerprint density at radius 1 is 1.27 bits per heavy atom. The molecule has 0 saturated carbocycles. The maximum Gasteiger partial charge on any atom is 0.455 e. The van der Waals surface area contributed by atoms with Crippen LogP contribution < -0.4 is 15.4 Å². The molecule has 1 heterocycles. The van der Waals surface area contributed by atoms with Crippen LogP contribution in [0.25, 0.3) is 0 Å². The maximum absolute atomic E-state index is 13.8. The Hall–Kier alpha value is -2.92. The molecule has 1 aliphatic heterocycles. The fourth-order valence-corrected chi connectivity index (χ4v) is 2.91. The largest absolute Gasteiger partial charge is 0.489 e. The summed E-state index contributed by atoms with van der Waals surface area (Å²) in [5, 5.41) is 0. The third-order valence-corrected chi connectivity index (χ3v) is 4.66. The number of amides is 3. The van der Waals surface area contributed by atoms with E-state index in [9.17, 15) is 36.3 Å². The zero-order valence-corrected chi connectivity index (χ0v) is 16.1. The summed E-state index contributed by atoms with van der Waals surface area (Å²) >= 11 is 0. The molecule has 166 valence electrons. The predicted molar refractivity (Wildman–Crippen MR) is 94.8 cm³/mol. The molecule has 0 bridgehead atoms. The van der Waals surface area contributed by atoms with Crippen LogP contribution in [0, 0.1) is 5.92 Å². The first-order valence-corrected chi connectivity index (χ1v) is 8.89. The van der Waals surface area contributed by atoms with Gasteiger partial charge in [-0.3, -0.25) is 14.4 Å². The van der Waals surface area contributed by atoms with Gasteiger partial charge in [0, 0.05) is 6.54 Å². The van der Waals surface area contributed by atoms with E-state index >= 15 is 0 Å². The first-order chi connectivity index (χ1) is 13.8. The van der Waals surface area contributed by atoms with Crippen molar-refractivity contribution >= 4 is 23.4 Å². The number of anilines is 1. The number of nitrogens with zero attached hydrogens (tertiary/aromatic N) is 2. The van der Waals surface area contributed by atoms with Crippen molar-refractivity contribution in [1.29, 1.82) is 0 Å². The van der Waals surface area contributed by atoms with E-state index in [1.165, 1.54) is 12.1 Å². The highest BCUT2D eigenvalue weighted by Gasteiger charge is 2.60. The topological polar surface area (TPSA) is 92.9 Å². The van der Waals surface area contributed by atoms with Crippen LogP contribution in [0.3, 0.4) is 0 Å². The smallest absolute Gasteiger partial charge is 0.455 e. The molecule has 0 aromatic heterocycles. The zero-order chi connectivity index (χ0) is 22.9. The number of para-hydroxylation sites is 2. The Kier molecular flexibility index (Phi) is 6.57. The Morgan fingerprint density at radius 2 is 1.87 bits per heavy atom. The second kappa shape index (κ2) is 8.44. The summed E-state index contributed by atoms with van der Waals surface area (Å²) in [5.41, 5.74) is 5.29. The van der Waals surface area contributed by atoms with Crippen molar-refractivity contribution < 1.29 is 41.1 Å². The number of fused-ring (bicyclic) bond motifs is 1. The standard InChI is InChI=1S/C18H20F5N3O4/c1-3-25-11-6-4-5-7-13(11)30-8-12(16(25)29)26(15(28)10(2)14(24)27)9-17(19,20)18(21,22)23/h4-7,10,12H,3,8-9H2,1-2H3,(H2,24,27)/t10?,12-/m0/s1. The van der Waals surface area contributed by atoms with Crippen molar-refractivity contribution in [3.8, 4) is 5.75 Å². The number of likely N-dealkylation sites (N-methyl/N-ethyl adjacent to an activating group) is 1. The number of rotatable bonds is 6. The van der Waals surface area contributed by atoms with Crippen molar-refractivity contribution in [3.05, 3.63) is 24.3 Å². The number of carbonyl (C=O) groups is 3. The zero-order valence-electron chi connectivity index (χ0n) is 16.1. The van der Waals surface area contributed by atoms with Gasteiger partial charge in [-0.15, -0.1) is 0 Å². The molecule has 0 saturated heterocycles. The number of primary amides is 1. The van der Waals surface area contributed by atoms with Crippen molar-refractivity contribution in [2.75, 3.05) is 24.6 Å². The number of halogens is 5. The Morgan fingerprint density at radius 3 is 2.40 bits per heavy atom. The van der Waals surface area contributed by atoms with E-state index in [0.717, 1.165) is 11.8 Å². The number of hydrogen-bond donors (Lipinski definition) is 1. The van der Waals surface area contributed by atoms with Crippen molar-refractivity contribution in [2.24, 2.45) is 11.7 Å². The molecule has 1 aliphatic rings. The van der Waals surface area contributed by atoms with Crippen molar-refractivity contribution in [3.63, 3.8) is 0 Å². The summed E-state index contributed by atoms with van der Waals surface area (Å²) < 4.78 is 71.5. The fourth-order valence-electron chi connectivity index (χ4n) is 2.91. The molecule has 0 spiro atoms. The van der Waals surface area contributed by atoms with Crippen LogP contribution >= 0.6 is 0 Å². The third-order valence-electron chi connectivity index (χ3n) is 4.66. The van der Waals surface area contributed by atoms with Crippen LogP contribution in [-0.2, 0) is 14.4 Å². The first-order valence-electron chi connectivity index (χ1n) is 8.89. The average Bonchev–Trinajstić information content (AvgIpc) is 2.80. The van der Waals surface area contributed by atoms with Gasteiger partial charge in [0.05, 0.1) is 12.2 Å². The predicted octanol–water partition coefficient (Wildman–Crippen LogP) is 1.95. The number of alkyl halides is 5. The highest BCUT2D eigenvalue weighted by molar-refractivity contribution is 6.04. The van der Waals surface area contributed by atoms with Crippen LogP contribution in [-0.4, -0.2) is 60.5 Å². The molecule has 0 aliphatic carbocycles. The lowest BCUT2D eigenvalue weighted by atomic mass is 10.1. The molecule has 1 unspecified atom stereocenters. The molecule has 0 radical (unpaired) electrons. The Labute approximate surface area is 168 Å². The van der Waals surface area contributed by atoms with Crippen LogP contribution in [0.2, 0.25) is 0 Å². The second-order valence-corrected chi connectivity index (χ2v) is 6.67. The molecule has 2 N–H and O–H groups in total. The summed E-state index contributed by atoms with van der Waals surface area (Å²) in [7, 11) is 0. The lowest BCUT2D eigenvalue weighted by molar-refractivity contribution is -0.286. The normalized spacial score (nSPS) is 18.2. The summed E-state index contributed by atoms with van der Waals surface area (Å²) in [4.78, 5) is 38.1. The molecule has 1 aromatic carbocycles. The second-order valence-electron chi connectivity index (χ2n) is 6.67. The van der Waals surface area contributed by atoms with Gasteiger partial charge in [0.15, 0.2) is 0 Å². The third kappa shape index (κ3) is 4.46. The average molecular weight is 437 g/mol. The number of hydrogen-bond acceptors (Lipinski definition) is 4. The van der Waals surface area contributed by atoms with E-state index in [4.69, 9.17) is 10.5 Å². The monoisotopic (exact) mass is 437 g/mol. The van der Waals surface area contributed by atoms with E-state index in [0.29, 0.717) is 0 Å². The molecule has 7 nitrogen and oxygen atoms in total. The van der Waals surface area contributed by atoms with Gasteiger partial charge in [0.1, 0.15) is 24.3 Å². The molecule has 12 heteroatoms. The Bertz CT molecular complexity index is 830. The van der Waals surface area contributed by atoms with Gasteiger partial charge < -0.3 is 20.3 Å². The van der Waals surface area contributed by atoms with Gasteiger partial charge in [0.25, 0.3) is 5.91 Å². The summed E-state index contributed by atoms with van der Waals surface area (Å²) in [6, 6.07) is 4.30. The molecular weight excluding hydrogens is 417 g/mol. The molecule has 2 rings (SSSR count). The molecule has 2 atom stereocenters. The fraction of sp³-hybridized carbons (Fsp3) is 0.500. The van der Waals surface area contributed by atoms with Crippen LogP contribution in [0.1, 0.15) is 13.8 Å². The van der Waals surface area contributed by atoms with Crippen LogP contribution in [0.4, 0.5) is 27.6 Å². The van der Waals surface area contributed by atoms with Gasteiger partial charge in [-0.05, 0) is 26.0 Å². The first kappa shape index (κ1) is 23.4. The molecule has 0 fully saturated rings. The van der Waals surface area contributed by atoms with E-state index in [1.807, 2.05) is 0 Å². The minimum Gasteiger partial charge on any atom is -0.489 e. The number of carbonyl (C=O) groups excluding carboxylic acids is 3. The van der Waals surface area contributed by atoms with Gasteiger partial charge in [0.2, 0.25) is 11.8 Å². The highest BCUT2D eigenvalue weighted by Crippen LogP contribution is 2.38. The Balaban J connectivity index is 2.51. The number of nitrogens with two attached hydrogens (primary N) is 1. The van der Waals surface area contributed by atoms with E-state index in [-0.39, 0.29) is 22.9 Å². The van der Waals surface area contributed by atoms with Crippen LogP contribution in [0.5, 0.6) is 5.75 Å². The van der Waals surface area contributed by atoms with Gasteiger partial charge >= 0.3 is 12.1 Å². The van der Waals surface area contributed by atoms with Crippen LogP contribution in [0.15, 0.2) is 24.3 Å². The maximum atomic E-state index is 13.8. The number of benzene rings is 1. The minimum atomic E-state index is -5.98. The highest BCUT2D eigenvalue weighted by atomic mass is 19.4. The number of ether oxygens (including phenoxy) is 1. The molecular formula is C18H20F5N3O4. The van der Waals surface area contributed by atoms with Gasteiger partial charge in [-0.1, -0.05) is 12.1 Å². The van der Waals surface area contributed by atoms with E-state index in [1.54, 1.807) is 19.1 Å². The molecule has 3 amide bonds. The summed E-state index contributed by atoms with van der Waals surface area (Å²) in [5.74, 6) is -10.5. The van der Waals surface area contributed by atoms with Crippen molar-refractivity contribution in [2.45, 2.75) is 32.0 Å². The van der Waals surface area contributed by atoms with Gasteiger partial charge in [-0.25, -0.2) is 0 Å².